The minimum absolute atomic E-state index is 0. The molecule has 0 bridgehead atoms. The fraction of sp³-hybridized carbons (Fsp3) is 0.429. The van der Waals surface area contributed by atoms with E-state index in [1.54, 1.807) is 4.57 Å². The number of aryl methyl sites for hydroxylation is 1. The van der Waals surface area contributed by atoms with Crippen molar-refractivity contribution in [1.29, 1.82) is 0 Å². The van der Waals surface area contributed by atoms with E-state index >= 15 is 0 Å². The largest absolute Gasteiger partial charge is 0.474 e. The Balaban J connectivity index is 0.00000225. The average Bonchev–Trinajstić information content (AvgIpc) is 2.68. The number of nitrogens with zero attached hydrogens (tertiary/aromatic N) is 2. The van der Waals surface area contributed by atoms with Crippen LogP contribution in [0.1, 0.15) is 24.5 Å². The standard InChI is InChI=1S/C21H21N2O4.U/c1-3-15-4-5-18-16(11-15)6-7-23-19(18)12-20(22-21(23)24)27-14(2)10-17-13-25-8-9-26-17;/h4-5,11-12,14,17H,6-10,13H2,2H3;/q-1;. The first-order valence-corrected chi connectivity index (χ1v) is 9.18. The number of ether oxygens (including phenoxy) is 3. The Morgan fingerprint density at radius 1 is 1.39 bits per heavy atom. The van der Waals surface area contributed by atoms with Crippen molar-refractivity contribution in [2.45, 2.75) is 38.5 Å². The van der Waals surface area contributed by atoms with Crippen molar-refractivity contribution >= 4 is 0 Å². The zero-order chi connectivity index (χ0) is 18.8. The summed E-state index contributed by atoms with van der Waals surface area (Å²) < 4.78 is 18.7. The summed E-state index contributed by atoms with van der Waals surface area (Å²) in [5.74, 6) is 2.74. The van der Waals surface area contributed by atoms with Gasteiger partial charge in [0.15, 0.2) is 0 Å². The SMILES string of the molecule is [C-]#Cc1ccc2c(c1)CCn1c-2cc(OC(C)CC2COCCO2)nc1=O.[U]. The van der Waals surface area contributed by atoms with Crippen molar-refractivity contribution in [2.75, 3.05) is 19.8 Å². The molecule has 4 rings (SSSR count). The van der Waals surface area contributed by atoms with Gasteiger partial charge in [0, 0.05) is 50.1 Å². The van der Waals surface area contributed by atoms with Crippen LogP contribution in [-0.4, -0.2) is 41.6 Å². The predicted octanol–water partition coefficient (Wildman–Crippen LogP) is 1.98. The van der Waals surface area contributed by atoms with Gasteiger partial charge in [-0.05, 0) is 18.9 Å². The van der Waals surface area contributed by atoms with E-state index in [9.17, 15) is 4.79 Å². The van der Waals surface area contributed by atoms with Gasteiger partial charge in [-0.2, -0.15) is 4.98 Å². The molecule has 6 nitrogen and oxygen atoms in total. The van der Waals surface area contributed by atoms with Gasteiger partial charge in [0.05, 0.1) is 31.6 Å². The second kappa shape index (κ2) is 9.29. The third kappa shape index (κ3) is 4.53. The van der Waals surface area contributed by atoms with Crippen molar-refractivity contribution in [3.05, 3.63) is 52.3 Å². The molecule has 2 atom stereocenters. The van der Waals surface area contributed by atoms with Crippen molar-refractivity contribution in [2.24, 2.45) is 0 Å². The molecule has 28 heavy (non-hydrogen) atoms. The van der Waals surface area contributed by atoms with Crippen molar-refractivity contribution in [3.63, 3.8) is 0 Å². The number of hydrogen-bond donors (Lipinski definition) is 0. The van der Waals surface area contributed by atoms with Crippen LogP contribution in [0, 0.1) is 43.5 Å². The second-order valence-corrected chi connectivity index (χ2v) is 6.89. The molecule has 2 aromatic rings. The van der Waals surface area contributed by atoms with E-state index in [-0.39, 0.29) is 49.0 Å². The Labute approximate surface area is 188 Å². The van der Waals surface area contributed by atoms with E-state index in [2.05, 4.69) is 10.9 Å². The topological polar surface area (TPSA) is 62.6 Å². The summed E-state index contributed by atoms with van der Waals surface area (Å²) in [6, 6.07) is 7.52. The number of benzene rings is 1. The number of rotatable bonds is 4. The molecule has 2 aliphatic rings. The summed E-state index contributed by atoms with van der Waals surface area (Å²) in [4.78, 5) is 16.6. The molecule has 144 valence electrons. The molecule has 1 fully saturated rings. The third-order valence-electron chi connectivity index (χ3n) is 4.92. The molecule has 0 N–H and O–H groups in total. The first kappa shape index (κ1) is 21.1. The van der Waals surface area contributed by atoms with Crippen molar-refractivity contribution < 1.29 is 45.3 Å². The van der Waals surface area contributed by atoms with E-state index in [1.165, 1.54) is 0 Å². The quantitative estimate of drug-likeness (QED) is 0.396. The normalized spacial score (nSPS) is 18.8. The third-order valence-corrected chi connectivity index (χ3v) is 4.92. The Morgan fingerprint density at radius 2 is 2.25 bits per heavy atom. The fourth-order valence-electron chi connectivity index (χ4n) is 3.64. The van der Waals surface area contributed by atoms with E-state index in [4.69, 9.17) is 20.6 Å². The van der Waals surface area contributed by atoms with Crippen LogP contribution in [0.5, 0.6) is 5.88 Å². The van der Waals surface area contributed by atoms with Gasteiger partial charge in [0.25, 0.3) is 0 Å². The van der Waals surface area contributed by atoms with E-state index in [0.29, 0.717) is 38.7 Å². The van der Waals surface area contributed by atoms with Crippen LogP contribution >= 0.6 is 0 Å². The second-order valence-electron chi connectivity index (χ2n) is 6.89. The number of fused-ring (bicyclic) bond motifs is 3. The zero-order valence-corrected chi connectivity index (χ0v) is 19.9. The van der Waals surface area contributed by atoms with Crippen LogP contribution < -0.4 is 10.4 Å². The maximum atomic E-state index is 12.5. The molecule has 2 aliphatic heterocycles. The molecule has 0 spiro atoms. The number of aromatic nitrogens is 2. The summed E-state index contributed by atoms with van der Waals surface area (Å²) in [6.45, 7) is 4.30. The summed E-state index contributed by atoms with van der Waals surface area (Å²) in [6.07, 6.45) is 8.56. The molecule has 1 saturated heterocycles. The molecule has 0 saturated carbocycles. The fourth-order valence-corrected chi connectivity index (χ4v) is 3.64. The molecule has 1 aromatic heterocycles. The van der Waals surface area contributed by atoms with Crippen LogP contribution in [0.25, 0.3) is 11.3 Å². The summed E-state index contributed by atoms with van der Waals surface area (Å²) in [5.41, 5.74) is 3.30. The van der Waals surface area contributed by atoms with Gasteiger partial charge < -0.3 is 20.6 Å². The minimum Gasteiger partial charge on any atom is -0.474 e. The summed E-state index contributed by atoms with van der Waals surface area (Å²) in [5, 5.41) is 0. The maximum absolute atomic E-state index is 12.5. The Kier molecular flexibility index (Phi) is 7.01. The van der Waals surface area contributed by atoms with Gasteiger partial charge in [-0.3, -0.25) is 10.5 Å². The Morgan fingerprint density at radius 3 is 3.00 bits per heavy atom. The molecular formula is C21H21N2O4U-. The predicted molar refractivity (Wildman–Crippen MR) is 99.1 cm³/mol. The van der Waals surface area contributed by atoms with Crippen LogP contribution in [-0.2, 0) is 22.4 Å². The first-order chi connectivity index (χ1) is 13.1. The van der Waals surface area contributed by atoms with Crippen molar-refractivity contribution in [3.8, 4) is 23.1 Å². The molecule has 2 unspecified atom stereocenters. The molecule has 1 aromatic carbocycles. The van der Waals surface area contributed by atoms with Gasteiger partial charge in [0.2, 0.25) is 5.88 Å². The van der Waals surface area contributed by atoms with Gasteiger partial charge in [-0.25, -0.2) is 4.79 Å². The monoisotopic (exact) mass is 603 g/mol. The maximum Gasteiger partial charge on any atom is 0.351 e. The van der Waals surface area contributed by atoms with Gasteiger partial charge >= 0.3 is 5.69 Å². The van der Waals surface area contributed by atoms with Crippen LogP contribution in [0.3, 0.4) is 0 Å². The summed E-state index contributed by atoms with van der Waals surface area (Å²) in [7, 11) is 0. The number of hydrogen-bond acceptors (Lipinski definition) is 5. The van der Waals surface area contributed by atoms with E-state index in [1.807, 2.05) is 31.2 Å². The van der Waals surface area contributed by atoms with Crippen LogP contribution in [0.4, 0.5) is 0 Å². The Hall–Kier alpha value is -1.57. The van der Waals surface area contributed by atoms with Gasteiger partial charge in [0.1, 0.15) is 6.10 Å². The minimum atomic E-state index is -0.305. The van der Waals surface area contributed by atoms with E-state index in [0.717, 1.165) is 28.8 Å². The molecule has 0 aliphatic carbocycles. The molecule has 7 heteroatoms. The molecular weight excluding hydrogens is 582 g/mol. The van der Waals surface area contributed by atoms with E-state index < -0.39 is 0 Å². The molecule has 3 heterocycles. The smallest absolute Gasteiger partial charge is 0.351 e. The first-order valence-electron chi connectivity index (χ1n) is 9.18. The Bertz CT molecular complexity index is 944. The molecule has 0 amide bonds. The van der Waals surface area contributed by atoms with Gasteiger partial charge in [-0.1, -0.05) is 11.6 Å². The molecule has 0 radical (unpaired) electrons. The average molecular weight is 603 g/mol. The zero-order valence-electron chi connectivity index (χ0n) is 15.7. The van der Waals surface area contributed by atoms with Crippen LogP contribution in [0.15, 0.2) is 29.1 Å². The van der Waals surface area contributed by atoms with Crippen LogP contribution in [0.2, 0.25) is 0 Å². The summed E-state index contributed by atoms with van der Waals surface area (Å²) >= 11 is 0. The van der Waals surface area contributed by atoms with Gasteiger partial charge in [-0.15, -0.1) is 17.7 Å². The van der Waals surface area contributed by atoms with Crippen molar-refractivity contribution in [1.82, 2.24) is 9.55 Å².